The summed E-state index contributed by atoms with van der Waals surface area (Å²) in [6.07, 6.45) is 6.37. The third-order valence-corrected chi connectivity index (χ3v) is 6.26. The first-order valence-electron chi connectivity index (χ1n) is 9.03. The molecule has 3 heterocycles. The van der Waals surface area contributed by atoms with Crippen LogP contribution in [0.15, 0.2) is 6.33 Å². The van der Waals surface area contributed by atoms with E-state index in [1.807, 2.05) is 15.9 Å². The van der Waals surface area contributed by atoms with Crippen LogP contribution in [-0.2, 0) is 12.8 Å². The first kappa shape index (κ1) is 15.8. The molecule has 0 atom stereocenters. The molecule has 0 saturated carbocycles. The first-order valence-corrected chi connectivity index (χ1v) is 9.84. The Morgan fingerprint density at radius 2 is 2.17 bits per heavy atom. The summed E-state index contributed by atoms with van der Waals surface area (Å²) >= 11 is 1.83. The lowest BCUT2D eigenvalue weighted by Crippen LogP contribution is -3.11. The molecule has 0 spiro atoms. The van der Waals surface area contributed by atoms with Crippen LogP contribution in [-0.4, -0.2) is 45.8 Å². The molecule has 1 aliphatic carbocycles. The number of aromatic nitrogens is 4. The second-order valence-corrected chi connectivity index (χ2v) is 7.54. The molecule has 0 radical (unpaired) electrons. The van der Waals surface area contributed by atoms with Gasteiger partial charge in [0, 0.05) is 17.8 Å². The Morgan fingerprint density at radius 3 is 3.00 bits per heavy atom. The Balaban J connectivity index is 1.58. The maximum Gasteiger partial charge on any atom is 0.227 e. The van der Waals surface area contributed by atoms with Gasteiger partial charge in [-0.1, -0.05) is 0 Å². The summed E-state index contributed by atoms with van der Waals surface area (Å²) in [6, 6.07) is 0. The van der Waals surface area contributed by atoms with E-state index in [4.69, 9.17) is 4.98 Å². The molecule has 0 saturated heterocycles. The lowest BCUT2D eigenvalue weighted by atomic mass is 10.2. The average molecular weight is 345 g/mol. The van der Waals surface area contributed by atoms with Crippen molar-refractivity contribution in [2.24, 2.45) is 0 Å². The highest BCUT2D eigenvalue weighted by molar-refractivity contribution is 7.19. The van der Waals surface area contributed by atoms with Crippen LogP contribution in [0.4, 0.5) is 5.95 Å². The zero-order chi connectivity index (χ0) is 16.5. The molecule has 0 amide bonds. The topological polar surface area (TPSA) is 59.5 Å². The van der Waals surface area contributed by atoms with Crippen LogP contribution in [0.25, 0.3) is 15.9 Å². The second kappa shape index (κ2) is 6.64. The van der Waals surface area contributed by atoms with E-state index in [1.54, 1.807) is 11.2 Å². The number of aryl methyl sites for hydroxylation is 2. The predicted octanol–water partition coefficient (Wildman–Crippen LogP) is 1.55. The maximum atomic E-state index is 4.86. The largest absolute Gasteiger partial charge is 0.354 e. The number of rotatable bonds is 7. The van der Waals surface area contributed by atoms with E-state index in [-0.39, 0.29) is 0 Å². The molecule has 24 heavy (non-hydrogen) atoms. The summed E-state index contributed by atoms with van der Waals surface area (Å²) in [5.74, 6) is 0.824. The lowest BCUT2D eigenvalue weighted by Gasteiger charge is -2.15. The lowest BCUT2D eigenvalue weighted by molar-refractivity contribution is -0.896. The molecule has 128 valence electrons. The van der Waals surface area contributed by atoms with Gasteiger partial charge >= 0.3 is 0 Å². The molecular weight excluding hydrogens is 320 g/mol. The van der Waals surface area contributed by atoms with E-state index in [1.165, 1.54) is 48.3 Å². The molecular formula is C17H25N6S+. The molecule has 0 unspecified atom stereocenters. The highest BCUT2D eigenvalue weighted by atomic mass is 32.1. The number of anilines is 1. The van der Waals surface area contributed by atoms with Crippen molar-refractivity contribution in [3.05, 3.63) is 16.8 Å². The fourth-order valence-corrected chi connectivity index (χ4v) is 4.92. The van der Waals surface area contributed by atoms with Crippen LogP contribution in [0.3, 0.4) is 0 Å². The smallest absolute Gasteiger partial charge is 0.227 e. The van der Waals surface area contributed by atoms with Gasteiger partial charge in [-0.25, -0.2) is 9.97 Å². The summed E-state index contributed by atoms with van der Waals surface area (Å²) in [5, 5.41) is 9.10. The van der Waals surface area contributed by atoms with Crippen molar-refractivity contribution in [1.29, 1.82) is 0 Å². The third-order valence-electron chi connectivity index (χ3n) is 5.07. The quantitative estimate of drug-likeness (QED) is 0.638. The van der Waals surface area contributed by atoms with Gasteiger partial charge in [-0.05, 0) is 38.7 Å². The Kier molecular flexibility index (Phi) is 4.37. The molecule has 0 fully saturated rings. The van der Waals surface area contributed by atoms with Crippen LogP contribution in [0, 0.1) is 0 Å². The van der Waals surface area contributed by atoms with Crippen molar-refractivity contribution in [3.8, 4) is 0 Å². The van der Waals surface area contributed by atoms with E-state index in [0.717, 1.165) is 35.8 Å². The molecule has 2 N–H and O–H groups in total. The molecule has 4 rings (SSSR count). The minimum Gasteiger partial charge on any atom is -0.354 e. The van der Waals surface area contributed by atoms with Gasteiger partial charge in [0.2, 0.25) is 5.95 Å². The number of hydrogen-bond acceptors (Lipinski definition) is 5. The zero-order valence-corrected chi connectivity index (χ0v) is 15.2. The van der Waals surface area contributed by atoms with E-state index in [2.05, 4.69) is 29.2 Å². The summed E-state index contributed by atoms with van der Waals surface area (Å²) in [4.78, 5) is 13.6. The van der Waals surface area contributed by atoms with Gasteiger partial charge in [0.25, 0.3) is 0 Å². The Hall–Kier alpha value is -1.73. The standard InChI is InChI=1S/C17H24N6S/c1-3-22(4-2)10-6-9-18-17-21-16-14(15-19-11-20-23(15)17)12-7-5-8-13(12)24-16/h11H,3-10H2,1-2H3,(H,18,21)/p+1. The molecule has 7 heteroatoms. The molecule has 3 aromatic heterocycles. The predicted molar refractivity (Wildman–Crippen MR) is 98.2 cm³/mol. The van der Waals surface area contributed by atoms with Gasteiger partial charge in [-0.3, -0.25) is 0 Å². The number of quaternary nitrogens is 1. The molecule has 0 bridgehead atoms. The second-order valence-electron chi connectivity index (χ2n) is 6.46. The highest BCUT2D eigenvalue weighted by Gasteiger charge is 2.22. The van der Waals surface area contributed by atoms with Crippen LogP contribution in [0.5, 0.6) is 0 Å². The number of nitrogens with one attached hydrogen (secondary N) is 2. The molecule has 3 aromatic rings. The fourth-order valence-electron chi connectivity index (χ4n) is 3.67. The maximum absolute atomic E-state index is 4.86. The van der Waals surface area contributed by atoms with E-state index in [0.29, 0.717) is 0 Å². The van der Waals surface area contributed by atoms with Crippen molar-refractivity contribution in [2.45, 2.75) is 39.5 Å². The van der Waals surface area contributed by atoms with Crippen LogP contribution < -0.4 is 10.2 Å². The van der Waals surface area contributed by atoms with E-state index >= 15 is 0 Å². The minimum absolute atomic E-state index is 0.824. The van der Waals surface area contributed by atoms with Gasteiger partial charge in [0.05, 0.1) is 25.0 Å². The van der Waals surface area contributed by atoms with Gasteiger partial charge < -0.3 is 10.2 Å². The minimum atomic E-state index is 0.824. The number of thiophene rings is 1. The van der Waals surface area contributed by atoms with Crippen LogP contribution in [0.1, 0.15) is 37.1 Å². The molecule has 6 nitrogen and oxygen atoms in total. The molecule has 1 aliphatic rings. The molecule has 0 aromatic carbocycles. The van der Waals surface area contributed by atoms with Gasteiger partial charge in [-0.15, -0.1) is 11.3 Å². The monoisotopic (exact) mass is 345 g/mol. The summed E-state index contributed by atoms with van der Waals surface area (Å²) < 4.78 is 1.87. The summed E-state index contributed by atoms with van der Waals surface area (Å²) in [7, 11) is 0. The van der Waals surface area contributed by atoms with Gasteiger partial charge in [0.15, 0.2) is 5.65 Å². The summed E-state index contributed by atoms with van der Waals surface area (Å²) in [6.45, 7) is 8.98. The van der Waals surface area contributed by atoms with E-state index < -0.39 is 0 Å². The average Bonchev–Trinajstić information content (AvgIpc) is 3.29. The SMILES string of the molecule is CC[NH+](CC)CCCNc1nc2sc3c(c2c2ncnn12)CCC3. The van der Waals surface area contributed by atoms with Gasteiger partial charge in [-0.2, -0.15) is 9.61 Å². The van der Waals surface area contributed by atoms with Crippen molar-refractivity contribution < 1.29 is 4.90 Å². The number of fused-ring (bicyclic) bond motifs is 5. The Morgan fingerprint density at radius 1 is 1.29 bits per heavy atom. The third kappa shape index (κ3) is 2.65. The molecule has 0 aliphatic heterocycles. The number of nitrogens with zero attached hydrogens (tertiary/aromatic N) is 4. The number of hydrogen-bond donors (Lipinski definition) is 2. The van der Waals surface area contributed by atoms with Gasteiger partial charge in [0.1, 0.15) is 11.2 Å². The summed E-state index contributed by atoms with van der Waals surface area (Å²) in [5.41, 5.74) is 2.41. The van der Waals surface area contributed by atoms with Crippen LogP contribution in [0.2, 0.25) is 0 Å². The first-order chi connectivity index (χ1) is 11.8. The Bertz CT molecular complexity index is 848. The Labute approximate surface area is 145 Å². The highest BCUT2D eigenvalue weighted by Crippen LogP contribution is 2.38. The van der Waals surface area contributed by atoms with Crippen molar-refractivity contribution in [1.82, 2.24) is 19.6 Å². The van der Waals surface area contributed by atoms with Crippen molar-refractivity contribution in [3.63, 3.8) is 0 Å². The van der Waals surface area contributed by atoms with Crippen molar-refractivity contribution >= 4 is 33.1 Å². The fraction of sp³-hybridized carbons (Fsp3) is 0.588. The van der Waals surface area contributed by atoms with Crippen LogP contribution >= 0.6 is 11.3 Å². The zero-order valence-electron chi connectivity index (χ0n) is 14.4. The normalized spacial score (nSPS) is 14.1. The van der Waals surface area contributed by atoms with E-state index in [9.17, 15) is 0 Å². The van der Waals surface area contributed by atoms with Crippen molar-refractivity contribution in [2.75, 3.05) is 31.5 Å².